The molecule has 2 N–H and O–H groups in total. The second-order valence-corrected chi connectivity index (χ2v) is 24.4. The van der Waals surface area contributed by atoms with E-state index in [1.54, 1.807) is 25.3 Å². The smallest absolute Gasteiger partial charge is 0.318 e. The Morgan fingerprint density at radius 3 is 1.91 bits per heavy atom. The van der Waals surface area contributed by atoms with E-state index in [-0.39, 0.29) is 35.7 Å². The van der Waals surface area contributed by atoms with Gasteiger partial charge in [0.15, 0.2) is 0 Å². The second-order valence-electron chi connectivity index (χ2n) is 20.9. The zero-order valence-corrected chi connectivity index (χ0v) is 48.0. The Bertz CT molecular complexity index is 3690. The summed E-state index contributed by atoms with van der Waals surface area (Å²) in [5, 5.41) is 22.4. The third-order valence-corrected chi connectivity index (χ3v) is 17.2. The zero-order valence-electron chi connectivity index (χ0n) is 46.3. The summed E-state index contributed by atoms with van der Waals surface area (Å²) in [4.78, 5) is 28.7. The van der Waals surface area contributed by atoms with Crippen LogP contribution in [0.15, 0.2) is 155 Å². The topological polar surface area (TPSA) is 173 Å². The van der Waals surface area contributed by atoms with Crippen LogP contribution in [0.5, 0.6) is 17.2 Å². The van der Waals surface area contributed by atoms with Crippen LogP contribution in [0.3, 0.4) is 0 Å². The summed E-state index contributed by atoms with van der Waals surface area (Å²) in [6, 6.07) is 46.4. The largest absolute Gasteiger partial charge is 0.494 e. The highest BCUT2D eigenvalue weighted by atomic mass is 32.2. The molecule has 8 aromatic rings. The number of ether oxygens (including phenoxy) is 3. The van der Waals surface area contributed by atoms with Crippen molar-refractivity contribution in [3.8, 4) is 39.5 Å². The van der Waals surface area contributed by atoms with Gasteiger partial charge in [0.1, 0.15) is 58.0 Å². The zero-order chi connectivity index (χ0) is 56.8. The fourth-order valence-electron chi connectivity index (χ4n) is 9.93. The minimum atomic E-state index is -4.10. The van der Waals surface area contributed by atoms with Gasteiger partial charge in [0.2, 0.25) is 10.0 Å². The number of rotatable bonds is 15. The van der Waals surface area contributed by atoms with Gasteiger partial charge in [-0.1, -0.05) is 98.8 Å². The maximum absolute atomic E-state index is 13.7. The maximum Gasteiger partial charge on any atom is 0.318 e. The van der Waals surface area contributed by atoms with E-state index in [0.29, 0.717) is 28.4 Å². The van der Waals surface area contributed by atoms with E-state index in [2.05, 4.69) is 49.2 Å². The molecule has 0 fully saturated rings. The lowest BCUT2D eigenvalue weighted by molar-refractivity contribution is -0.138. The summed E-state index contributed by atoms with van der Waals surface area (Å²) in [6.07, 6.45) is 3.15. The minimum Gasteiger partial charge on any atom is -0.494 e. The number of hydrogen-bond acceptors (Lipinski definition) is 9. The monoisotopic (exact) mass is 1100 g/mol. The molecule has 1 atom stereocenters. The van der Waals surface area contributed by atoms with Gasteiger partial charge < -0.3 is 24.4 Å². The first-order valence-electron chi connectivity index (χ1n) is 26.5. The van der Waals surface area contributed by atoms with Gasteiger partial charge in [-0.3, -0.25) is 9.59 Å². The Balaban J connectivity index is 0.000000203. The molecule has 15 heteroatoms. The molecule has 412 valence electrons. The number of nitrogens with zero attached hydrogens (tertiary/aromatic N) is 3. The molecule has 0 saturated heterocycles. The molecular formula is C64H69N3O10S2. The summed E-state index contributed by atoms with van der Waals surface area (Å²) < 4.78 is 60.9. The number of sulfonamides is 1. The van der Waals surface area contributed by atoms with Gasteiger partial charge >= 0.3 is 11.9 Å². The lowest BCUT2D eigenvalue weighted by Gasteiger charge is -2.33. The van der Waals surface area contributed by atoms with Crippen molar-refractivity contribution in [2.24, 2.45) is 0 Å². The van der Waals surface area contributed by atoms with Gasteiger partial charge in [0.05, 0.1) is 16.9 Å². The molecule has 0 radical (unpaired) electrons. The average molecular weight is 1100 g/mol. The van der Waals surface area contributed by atoms with Crippen molar-refractivity contribution in [2.45, 2.75) is 115 Å². The number of carboxylic acid groups (broad SMARTS) is 2. The highest BCUT2D eigenvalue weighted by molar-refractivity contribution is 7.89. The van der Waals surface area contributed by atoms with Crippen LogP contribution in [0.25, 0.3) is 43.9 Å². The maximum atomic E-state index is 13.7. The molecule has 13 nitrogen and oxygen atoms in total. The number of fused-ring (bicyclic) bond motifs is 4. The highest BCUT2D eigenvalue weighted by Crippen LogP contribution is 2.39. The highest BCUT2D eigenvalue weighted by Gasteiger charge is 2.32. The molecule has 10 rings (SSSR count). The van der Waals surface area contributed by atoms with Crippen LogP contribution in [0.2, 0.25) is 0 Å². The molecule has 0 bridgehead atoms. The summed E-state index contributed by atoms with van der Waals surface area (Å²) in [5.74, 6) is -0.0843. The minimum absolute atomic E-state index is 0.0571. The summed E-state index contributed by atoms with van der Waals surface area (Å²) in [5.41, 5.74) is 9.58. The third kappa shape index (κ3) is 13.7. The molecule has 0 spiro atoms. The first-order valence-corrected chi connectivity index (χ1v) is 29.1. The van der Waals surface area contributed by atoms with E-state index < -0.39 is 39.5 Å². The molecule has 3 heterocycles. The van der Waals surface area contributed by atoms with Crippen LogP contribution in [-0.2, 0) is 56.5 Å². The van der Waals surface area contributed by atoms with Gasteiger partial charge in [-0.2, -0.15) is 4.31 Å². The number of carboxylic acids is 2. The fourth-order valence-corrected chi connectivity index (χ4v) is 12.6. The van der Waals surface area contributed by atoms with Gasteiger partial charge in [-0.15, -0.1) is 0 Å². The molecule has 0 amide bonds. The van der Waals surface area contributed by atoms with Crippen molar-refractivity contribution >= 4 is 54.6 Å². The number of aryl methyl sites for hydroxylation is 4. The molecule has 0 aliphatic carbocycles. The lowest BCUT2D eigenvalue weighted by atomic mass is 9.94. The molecule has 1 unspecified atom stereocenters. The quantitative estimate of drug-likeness (QED) is 0.100. The van der Waals surface area contributed by atoms with E-state index in [0.717, 1.165) is 90.4 Å². The predicted octanol–water partition coefficient (Wildman–Crippen LogP) is 13.2. The number of hydrogen-bond donors (Lipinski definition) is 2. The van der Waals surface area contributed by atoms with Gasteiger partial charge in [0.25, 0.3) is 0 Å². The first kappa shape index (κ1) is 57.7. The van der Waals surface area contributed by atoms with Crippen LogP contribution in [0.4, 0.5) is 0 Å². The Hall–Kier alpha value is -7.43. The Morgan fingerprint density at radius 2 is 1.27 bits per heavy atom. The molecular weight excluding hydrogens is 1030 g/mol. The second kappa shape index (κ2) is 24.3. The van der Waals surface area contributed by atoms with Crippen molar-refractivity contribution in [1.29, 1.82) is 0 Å². The Labute approximate surface area is 466 Å². The van der Waals surface area contributed by atoms with Crippen LogP contribution in [0, 0.1) is 13.8 Å². The number of methoxy groups -OCH3 is 1. The van der Waals surface area contributed by atoms with Crippen molar-refractivity contribution in [3.05, 3.63) is 179 Å². The lowest BCUT2D eigenvalue weighted by Crippen LogP contribution is -2.36. The van der Waals surface area contributed by atoms with E-state index in [1.165, 1.54) is 21.1 Å². The normalized spacial score (nSPS) is 14.6. The number of aliphatic carboxylic acids is 2. The SMILES string of the molecule is CC.CC1(C)CCc2cc(S(=O)N(CC(=O)O)Cc3ccc(-c4ccc5ccccc5c4)cc3)ccc2O1.COc1ccc(-c2ccc(CN(CC(=O)O)S(=O)(=O)c3ccc4c(c3)CCC(C)(C)O4)cc2C)c2ccc(C)nc12. The molecule has 2 aliphatic rings. The third-order valence-electron chi connectivity index (χ3n) is 14.0. The molecule has 7 aromatic carbocycles. The van der Waals surface area contributed by atoms with Crippen LogP contribution < -0.4 is 14.2 Å². The number of benzene rings is 7. The fraction of sp³-hybridized carbons (Fsp3) is 0.297. The van der Waals surface area contributed by atoms with Gasteiger partial charge in [-0.25, -0.2) is 21.9 Å². The van der Waals surface area contributed by atoms with E-state index in [4.69, 9.17) is 14.2 Å². The molecule has 1 aromatic heterocycles. The van der Waals surface area contributed by atoms with Crippen molar-refractivity contribution in [1.82, 2.24) is 13.6 Å². The van der Waals surface area contributed by atoms with E-state index in [9.17, 15) is 32.4 Å². The molecule has 79 heavy (non-hydrogen) atoms. The number of carbonyl (C=O) groups is 2. The summed E-state index contributed by atoms with van der Waals surface area (Å²) in [6.45, 7) is 15.2. The predicted molar refractivity (Wildman–Crippen MR) is 313 cm³/mol. The summed E-state index contributed by atoms with van der Waals surface area (Å²) >= 11 is 0. The van der Waals surface area contributed by atoms with Crippen molar-refractivity contribution < 1.29 is 46.6 Å². The Morgan fingerprint density at radius 1 is 0.658 bits per heavy atom. The van der Waals surface area contributed by atoms with E-state index >= 15 is 0 Å². The van der Waals surface area contributed by atoms with Crippen molar-refractivity contribution in [2.75, 3.05) is 20.2 Å². The number of pyridine rings is 1. The average Bonchev–Trinajstić information content (AvgIpc) is 3.46. The van der Waals surface area contributed by atoms with Gasteiger partial charge in [0, 0.05) is 24.2 Å². The number of aromatic nitrogens is 1. The Kier molecular flexibility index (Phi) is 17.8. The summed E-state index contributed by atoms with van der Waals surface area (Å²) in [7, 11) is -4.10. The van der Waals surface area contributed by atoms with Gasteiger partial charge in [-0.05, 0) is 189 Å². The van der Waals surface area contributed by atoms with Crippen LogP contribution in [-0.4, -0.2) is 79.8 Å². The standard InChI is InChI=1S/C32H34N2O6S.C30H29NO4S.C2H6/c1-20-16-22(7-10-25(20)26-11-13-29(39-5)31-27(26)9-6-21(2)33-31)18-34(19-30(35)36)41(37,38)24-8-12-28-23(17-24)14-15-32(3,4)40-28;1-30(2)16-15-26-18-27(13-14-28(26)35-30)36(34)31(20-29(32)33)19-21-7-9-23(10-8-21)25-12-11-22-5-3-4-6-24(22)17-25;1-2/h6-13,16-17H,14-15,18-19H2,1-5H3,(H,35,36);3-14,17-18H,15-16,19-20H2,1-2H3,(H,32,33);1-2H3. The molecule has 0 saturated carbocycles. The van der Waals surface area contributed by atoms with Crippen molar-refractivity contribution in [3.63, 3.8) is 0 Å². The van der Waals surface area contributed by atoms with Crippen LogP contribution >= 0.6 is 0 Å². The first-order chi connectivity index (χ1) is 37.6. The molecule has 2 aliphatic heterocycles. The van der Waals surface area contributed by atoms with Crippen LogP contribution in [0.1, 0.15) is 87.9 Å². The van der Waals surface area contributed by atoms with E-state index in [1.807, 2.05) is 133 Å².